The van der Waals surface area contributed by atoms with Gasteiger partial charge in [0.25, 0.3) is 0 Å². The molecule has 0 unspecified atom stereocenters. The number of hydrogen-bond donors (Lipinski definition) is 1. The van der Waals surface area contributed by atoms with E-state index in [1.807, 2.05) is 13.1 Å². The molecule has 0 amide bonds. The zero-order chi connectivity index (χ0) is 13.0. The molecule has 0 aliphatic heterocycles. The molecule has 18 heavy (non-hydrogen) atoms. The maximum atomic E-state index is 12.1. The molecule has 0 atom stereocenters. The molecule has 0 radical (unpaired) electrons. The van der Waals surface area contributed by atoms with Crippen LogP contribution >= 0.6 is 0 Å². The molecule has 0 spiro atoms. The van der Waals surface area contributed by atoms with Gasteiger partial charge in [0, 0.05) is 37.5 Å². The normalized spacial score (nSPS) is 10.6. The van der Waals surface area contributed by atoms with E-state index in [0.717, 1.165) is 17.8 Å². The summed E-state index contributed by atoms with van der Waals surface area (Å²) in [7, 11) is 0. The lowest BCUT2D eigenvalue weighted by molar-refractivity contribution is 0.0992. The van der Waals surface area contributed by atoms with Crippen molar-refractivity contribution < 1.29 is 4.79 Å². The first-order valence-corrected chi connectivity index (χ1v) is 5.92. The summed E-state index contributed by atoms with van der Waals surface area (Å²) in [4.78, 5) is 16.1. The van der Waals surface area contributed by atoms with Crippen molar-refractivity contribution >= 4 is 5.78 Å². The molecule has 0 fully saturated rings. The summed E-state index contributed by atoms with van der Waals surface area (Å²) in [6, 6.07) is 3.46. The van der Waals surface area contributed by atoms with Crippen LogP contribution in [0.3, 0.4) is 0 Å². The number of hydrogen-bond acceptors (Lipinski definition) is 4. The largest absolute Gasteiger partial charge is 0.325 e. The summed E-state index contributed by atoms with van der Waals surface area (Å²) >= 11 is 0. The number of carbonyl (C=O) groups excluding carboxylic acids is 1. The Balaban J connectivity index is 2.11. The predicted octanol–water partition coefficient (Wildman–Crippen LogP) is 1.18. The van der Waals surface area contributed by atoms with Gasteiger partial charge in [-0.05, 0) is 24.6 Å². The Kier molecular flexibility index (Phi) is 3.84. The van der Waals surface area contributed by atoms with Gasteiger partial charge in [-0.15, -0.1) is 0 Å². The van der Waals surface area contributed by atoms with Crippen molar-refractivity contribution in [3.8, 4) is 0 Å². The Bertz CT molecular complexity index is 547. The predicted molar refractivity (Wildman–Crippen MR) is 68.1 cm³/mol. The molecule has 94 valence electrons. The standard InChI is InChI=1S/C13H16N4O/c1-2-17-9-10(8-16-17)5-13(18)11-3-4-15-12(6-11)7-14/h3-4,6,8-9H,2,5,7,14H2,1H3. The Morgan fingerprint density at radius 3 is 3.00 bits per heavy atom. The van der Waals surface area contributed by atoms with Crippen LogP contribution in [0, 0.1) is 0 Å². The van der Waals surface area contributed by atoms with Crippen molar-refractivity contribution in [3.05, 3.63) is 47.5 Å². The van der Waals surface area contributed by atoms with Gasteiger partial charge in [-0.3, -0.25) is 14.5 Å². The molecular weight excluding hydrogens is 228 g/mol. The first-order valence-electron chi connectivity index (χ1n) is 5.92. The van der Waals surface area contributed by atoms with Crippen molar-refractivity contribution in [3.63, 3.8) is 0 Å². The Morgan fingerprint density at radius 2 is 2.33 bits per heavy atom. The number of rotatable bonds is 5. The highest BCUT2D eigenvalue weighted by atomic mass is 16.1. The van der Waals surface area contributed by atoms with Gasteiger partial charge in [0.15, 0.2) is 5.78 Å². The SMILES string of the molecule is CCn1cc(CC(=O)c2ccnc(CN)c2)cn1. The average molecular weight is 244 g/mol. The fourth-order valence-corrected chi connectivity index (χ4v) is 1.72. The van der Waals surface area contributed by atoms with Crippen LogP contribution in [0.2, 0.25) is 0 Å². The van der Waals surface area contributed by atoms with Gasteiger partial charge in [-0.25, -0.2) is 0 Å². The second-order valence-corrected chi connectivity index (χ2v) is 4.04. The number of carbonyl (C=O) groups is 1. The van der Waals surface area contributed by atoms with Crippen LogP contribution in [0.5, 0.6) is 0 Å². The molecule has 0 aliphatic carbocycles. The first kappa shape index (κ1) is 12.4. The van der Waals surface area contributed by atoms with Crippen molar-refractivity contribution in [2.75, 3.05) is 0 Å². The Hall–Kier alpha value is -2.01. The third-order valence-corrected chi connectivity index (χ3v) is 2.72. The van der Waals surface area contributed by atoms with Crippen molar-refractivity contribution in [2.24, 2.45) is 5.73 Å². The summed E-state index contributed by atoms with van der Waals surface area (Å²) in [5.74, 6) is 0.0581. The van der Waals surface area contributed by atoms with E-state index in [-0.39, 0.29) is 5.78 Å². The van der Waals surface area contributed by atoms with Gasteiger partial charge < -0.3 is 5.73 Å². The second-order valence-electron chi connectivity index (χ2n) is 4.04. The molecule has 0 aromatic carbocycles. The summed E-state index contributed by atoms with van der Waals surface area (Å²) in [5, 5.41) is 4.15. The summed E-state index contributed by atoms with van der Waals surface area (Å²) in [6.07, 6.45) is 5.59. The molecule has 2 N–H and O–H groups in total. The molecular formula is C13H16N4O. The highest BCUT2D eigenvalue weighted by Gasteiger charge is 2.09. The van der Waals surface area contributed by atoms with Gasteiger partial charge in [-0.1, -0.05) is 0 Å². The van der Waals surface area contributed by atoms with Gasteiger partial charge >= 0.3 is 0 Å². The lowest BCUT2D eigenvalue weighted by atomic mass is 10.1. The monoisotopic (exact) mass is 244 g/mol. The Labute approximate surface area is 106 Å². The molecule has 2 heterocycles. The lowest BCUT2D eigenvalue weighted by Crippen LogP contribution is -2.06. The maximum absolute atomic E-state index is 12.1. The second kappa shape index (κ2) is 5.55. The van der Waals surface area contributed by atoms with Gasteiger partial charge in [0.1, 0.15) is 0 Å². The first-order chi connectivity index (χ1) is 8.72. The smallest absolute Gasteiger partial charge is 0.167 e. The summed E-state index contributed by atoms with van der Waals surface area (Å²) in [5.41, 5.74) is 7.80. The molecule has 2 rings (SSSR count). The van der Waals surface area contributed by atoms with E-state index in [9.17, 15) is 4.79 Å². The quantitative estimate of drug-likeness (QED) is 0.801. The summed E-state index contributed by atoms with van der Waals surface area (Å²) in [6.45, 7) is 3.16. The van der Waals surface area contributed by atoms with Crippen LogP contribution in [-0.4, -0.2) is 20.5 Å². The van der Waals surface area contributed by atoms with Crippen LogP contribution in [0.1, 0.15) is 28.5 Å². The minimum absolute atomic E-state index is 0.0581. The topological polar surface area (TPSA) is 73.8 Å². The van der Waals surface area contributed by atoms with Crippen molar-refractivity contribution in [1.82, 2.24) is 14.8 Å². The van der Waals surface area contributed by atoms with E-state index in [0.29, 0.717) is 18.5 Å². The molecule has 2 aromatic rings. The van der Waals surface area contributed by atoms with Gasteiger partial charge in [0.05, 0.1) is 11.9 Å². The molecule has 0 saturated carbocycles. The molecule has 5 nitrogen and oxygen atoms in total. The number of aryl methyl sites for hydroxylation is 1. The van der Waals surface area contributed by atoms with Crippen LogP contribution < -0.4 is 5.73 Å². The van der Waals surface area contributed by atoms with E-state index in [2.05, 4.69) is 10.1 Å². The minimum Gasteiger partial charge on any atom is -0.325 e. The molecule has 0 bridgehead atoms. The highest BCUT2D eigenvalue weighted by Crippen LogP contribution is 2.08. The number of nitrogens with zero attached hydrogens (tertiary/aromatic N) is 3. The van der Waals surface area contributed by atoms with Crippen LogP contribution in [0.15, 0.2) is 30.7 Å². The maximum Gasteiger partial charge on any atom is 0.167 e. The zero-order valence-corrected chi connectivity index (χ0v) is 10.3. The van der Waals surface area contributed by atoms with E-state index in [1.165, 1.54) is 0 Å². The van der Waals surface area contributed by atoms with Gasteiger partial charge in [-0.2, -0.15) is 5.10 Å². The molecule has 0 saturated heterocycles. The number of aromatic nitrogens is 3. The van der Waals surface area contributed by atoms with E-state index in [1.54, 1.807) is 29.2 Å². The zero-order valence-electron chi connectivity index (χ0n) is 10.3. The molecule has 5 heteroatoms. The third kappa shape index (κ3) is 2.81. The third-order valence-electron chi connectivity index (χ3n) is 2.72. The number of pyridine rings is 1. The Morgan fingerprint density at radius 1 is 1.50 bits per heavy atom. The summed E-state index contributed by atoms with van der Waals surface area (Å²) < 4.78 is 1.81. The highest BCUT2D eigenvalue weighted by molar-refractivity contribution is 5.97. The van der Waals surface area contributed by atoms with Crippen molar-refractivity contribution in [2.45, 2.75) is 26.4 Å². The lowest BCUT2D eigenvalue weighted by Gasteiger charge is -2.01. The van der Waals surface area contributed by atoms with Gasteiger partial charge in [0.2, 0.25) is 0 Å². The molecule has 2 aromatic heterocycles. The van der Waals surface area contributed by atoms with E-state index in [4.69, 9.17) is 5.73 Å². The number of Topliss-reactive ketones (excluding diaryl/α,β-unsaturated/α-hetero) is 1. The minimum atomic E-state index is 0.0581. The van der Waals surface area contributed by atoms with E-state index >= 15 is 0 Å². The molecule has 0 aliphatic rings. The van der Waals surface area contributed by atoms with E-state index < -0.39 is 0 Å². The number of nitrogens with two attached hydrogens (primary N) is 1. The van der Waals surface area contributed by atoms with Crippen LogP contribution in [0.25, 0.3) is 0 Å². The van der Waals surface area contributed by atoms with Crippen molar-refractivity contribution in [1.29, 1.82) is 0 Å². The van der Waals surface area contributed by atoms with Crippen LogP contribution in [0.4, 0.5) is 0 Å². The van der Waals surface area contributed by atoms with Crippen LogP contribution in [-0.2, 0) is 19.5 Å². The fraction of sp³-hybridized carbons (Fsp3) is 0.308. The fourth-order valence-electron chi connectivity index (χ4n) is 1.72. The average Bonchev–Trinajstić information content (AvgIpc) is 2.86. The number of ketones is 1.